The summed E-state index contributed by atoms with van der Waals surface area (Å²) in [5, 5.41) is 3.97. The van der Waals surface area contributed by atoms with E-state index in [1.165, 1.54) is 5.56 Å². The first kappa shape index (κ1) is 29.6. The summed E-state index contributed by atoms with van der Waals surface area (Å²) in [6.45, 7) is 6.56. The molecule has 1 saturated heterocycles. The zero-order valence-corrected chi connectivity index (χ0v) is 24.2. The van der Waals surface area contributed by atoms with Crippen LogP contribution in [0.5, 0.6) is 0 Å². The van der Waals surface area contributed by atoms with E-state index in [4.69, 9.17) is 10.5 Å². The molecule has 2 atom stereocenters. The summed E-state index contributed by atoms with van der Waals surface area (Å²) in [5.41, 5.74) is 8.99. The Morgan fingerprint density at radius 1 is 1.12 bits per heavy atom. The van der Waals surface area contributed by atoms with Crippen molar-refractivity contribution in [2.45, 2.75) is 69.4 Å². The van der Waals surface area contributed by atoms with Gasteiger partial charge >= 0.3 is 5.97 Å². The van der Waals surface area contributed by atoms with Crippen LogP contribution >= 0.6 is 12.4 Å². The van der Waals surface area contributed by atoms with Crippen molar-refractivity contribution in [3.05, 3.63) is 71.4 Å². The topological polar surface area (TPSA) is 118 Å². The molecule has 2 amide bonds. The molecule has 3 aromatic rings. The molecular formula is C31H39ClN4O4. The summed E-state index contributed by atoms with van der Waals surface area (Å²) < 4.78 is 5.40. The van der Waals surface area contributed by atoms with Gasteiger partial charge in [0.05, 0.1) is 18.1 Å². The van der Waals surface area contributed by atoms with Gasteiger partial charge in [-0.05, 0) is 62.8 Å². The average molecular weight is 567 g/mol. The van der Waals surface area contributed by atoms with Gasteiger partial charge in [-0.1, -0.05) is 42.5 Å². The normalized spacial score (nSPS) is 18.6. The molecule has 4 N–H and O–H groups in total. The summed E-state index contributed by atoms with van der Waals surface area (Å²) in [5.74, 6) is -0.924. The van der Waals surface area contributed by atoms with Gasteiger partial charge in [0.25, 0.3) is 0 Å². The number of fused-ring (bicyclic) bond motifs is 3. The van der Waals surface area contributed by atoms with E-state index < -0.39 is 11.6 Å². The van der Waals surface area contributed by atoms with Crippen LogP contribution in [0.4, 0.5) is 0 Å². The van der Waals surface area contributed by atoms with Gasteiger partial charge in [0.1, 0.15) is 6.04 Å². The summed E-state index contributed by atoms with van der Waals surface area (Å²) in [6.07, 6.45) is 4.47. The van der Waals surface area contributed by atoms with Crippen molar-refractivity contribution < 1.29 is 19.1 Å². The van der Waals surface area contributed by atoms with E-state index in [0.29, 0.717) is 32.5 Å². The molecular weight excluding hydrogens is 528 g/mol. The van der Waals surface area contributed by atoms with E-state index >= 15 is 0 Å². The fourth-order valence-electron chi connectivity index (χ4n) is 6.26. The molecule has 0 radical (unpaired) electrons. The number of likely N-dealkylation sites (tertiary alicyclic amines) is 1. The Morgan fingerprint density at radius 2 is 1.80 bits per heavy atom. The number of rotatable bonds is 7. The molecule has 2 heterocycles. The standard InChI is InChI=1S/C31H38N4O4.ClH/c1-4-39-28(37)23-18-31(24-11-7-5-10-22(23)24)13-15-35(16-14-31)27(36)26(34-29(38)30(2,3)32)17-20-19-33-25-12-8-6-9-21(20)25;/h5-12,19,23,26,33H,4,13-18,32H2,1-3H3,(H,34,38);1H. The van der Waals surface area contributed by atoms with Crippen molar-refractivity contribution >= 4 is 41.1 Å². The molecule has 1 spiro atoms. The number of hydrogen-bond donors (Lipinski definition) is 3. The molecule has 0 bridgehead atoms. The number of ether oxygens (including phenoxy) is 1. The number of halogens is 1. The van der Waals surface area contributed by atoms with Gasteiger partial charge < -0.3 is 25.7 Å². The lowest BCUT2D eigenvalue weighted by molar-refractivity contribution is -0.145. The van der Waals surface area contributed by atoms with Crippen LogP contribution in [0.3, 0.4) is 0 Å². The van der Waals surface area contributed by atoms with Crippen LogP contribution in [0.1, 0.15) is 62.6 Å². The number of carbonyl (C=O) groups is 3. The van der Waals surface area contributed by atoms with Crippen LogP contribution in [0.2, 0.25) is 0 Å². The predicted octanol–water partition coefficient (Wildman–Crippen LogP) is 3.97. The number of nitrogens with zero attached hydrogens (tertiary/aromatic N) is 1. The van der Waals surface area contributed by atoms with Crippen LogP contribution in [-0.2, 0) is 31.0 Å². The zero-order chi connectivity index (χ0) is 27.8. The number of carbonyl (C=O) groups excluding carboxylic acids is 3. The highest BCUT2D eigenvalue weighted by atomic mass is 35.5. The highest BCUT2D eigenvalue weighted by molar-refractivity contribution is 5.92. The molecule has 8 nitrogen and oxygen atoms in total. The highest BCUT2D eigenvalue weighted by Crippen LogP contribution is 2.52. The maximum absolute atomic E-state index is 13.9. The second kappa shape index (κ2) is 11.6. The van der Waals surface area contributed by atoms with Crippen molar-refractivity contribution in [3.63, 3.8) is 0 Å². The number of nitrogens with one attached hydrogen (secondary N) is 2. The number of esters is 1. The SMILES string of the molecule is CCOC(=O)C1CC2(CCN(C(=O)C(Cc3c[nH]c4ccccc34)NC(=O)C(C)(C)N)CC2)c2ccccc21.Cl. The minimum Gasteiger partial charge on any atom is -0.466 e. The molecule has 214 valence electrons. The molecule has 9 heteroatoms. The van der Waals surface area contributed by atoms with E-state index in [1.54, 1.807) is 13.8 Å². The van der Waals surface area contributed by atoms with Crippen LogP contribution < -0.4 is 11.1 Å². The number of amides is 2. The van der Waals surface area contributed by atoms with Gasteiger partial charge in [-0.2, -0.15) is 0 Å². The number of piperidine rings is 1. The molecule has 2 aromatic carbocycles. The molecule has 1 aliphatic carbocycles. The third kappa shape index (κ3) is 5.60. The van der Waals surface area contributed by atoms with Gasteiger partial charge in [-0.25, -0.2) is 0 Å². The van der Waals surface area contributed by atoms with Crippen LogP contribution in [0, 0.1) is 0 Å². The van der Waals surface area contributed by atoms with E-state index in [0.717, 1.165) is 34.9 Å². The molecule has 1 aliphatic heterocycles. The first-order valence-corrected chi connectivity index (χ1v) is 13.8. The smallest absolute Gasteiger partial charge is 0.313 e. The van der Waals surface area contributed by atoms with Crippen LogP contribution in [0.15, 0.2) is 54.7 Å². The fourth-order valence-corrected chi connectivity index (χ4v) is 6.26. The Kier molecular flexibility index (Phi) is 8.61. The zero-order valence-electron chi connectivity index (χ0n) is 23.4. The summed E-state index contributed by atoms with van der Waals surface area (Å²) in [4.78, 5) is 44.7. The van der Waals surface area contributed by atoms with Crippen LogP contribution in [-0.4, -0.2) is 58.9 Å². The first-order valence-electron chi connectivity index (χ1n) is 13.8. The van der Waals surface area contributed by atoms with Crippen molar-refractivity contribution in [2.75, 3.05) is 19.7 Å². The Bertz CT molecular complexity index is 1390. The number of nitrogens with two attached hydrogens (primary N) is 1. The number of para-hydroxylation sites is 1. The molecule has 2 unspecified atom stereocenters. The van der Waals surface area contributed by atoms with Crippen molar-refractivity contribution in [3.8, 4) is 0 Å². The predicted molar refractivity (Wildman–Crippen MR) is 157 cm³/mol. The van der Waals surface area contributed by atoms with E-state index in [-0.39, 0.29) is 41.5 Å². The number of H-pyrrole nitrogens is 1. The first-order chi connectivity index (χ1) is 18.6. The number of benzene rings is 2. The van der Waals surface area contributed by atoms with Gasteiger partial charge in [0.2, 0.25) is 11.8 Å². The minimum absolute atomic E-state index is 0. The van der Waals surface area contributed by atoms with Gasteiger partial charge in [0.15, 0.2) is 0 Å². The molecule has 0 saturated carbocycles. The molecule has 40 heavy (non-hydrogen) atoms. The maximum Gasteiger partial charge on any atom is 0.313 e. The van der Waals surface area contributed by atoms with Crippen LogP contribution in [0.25, 0.3) is 10.9 Å². The molecule has 1 aromatic heterocycles. The van der Waals surface area contributed by atoms with E-state index in [2.05, 4.69) is 16.4 Å². The largest absolute Gasteiger partial charge is 0.466 e. The lowest BCUT2D eigenvalue weighted by Gasteiger charge is -2.41. The lowest BCUT2D eigenvalue weighted by Crippen LogP contribution is -2.58. The summed E-state index contributed by atoms with van der Waals surface area (Å²) >= 11 is 0. The maximum atomic E-state index is 13.9. The monoisotopic (exact) mass is 566 g/mol. The number of hydrogen-bond acceptors (Lipinski definition) is 5. The molecule has 5 rings (SSSR count). The number of aromatic amines is 1. The Balaban J connectivity index is 0.00000370. The summed E-state index contributed by atoms with van der Waals surface area (Å²) in [6, 6.07) is 15.3. The van der Waals surface area contributed by atoms with Gasteiger partial charge in [0, 0.05) is 42.0 Å². The molecule has 1 fully saturated rings. The average Bonchev–Trinajstić information content (AvgIpc) is 3.47. The van der Waals surface area contributed by atoms with E-state index in [1.807, 2.05) is 60.5 Å². The Morgan fingerprint density at radius 3 is 2.50 bits per heavy atom. The van der Waals surface area contributed by atoms with Gasteiger partial charge in [-0.3, -0.25) is 14.4 Å². The fraction of sp³-hybridized carbons (Fsp3) is 0.452. The third-order valence-corrected chi connectivity index (χ3v) is 8.39. The minimum atomic E-state index is -1.11. The number of aromatic nitrogens is 1. The molecule has 2 aliphatic rings. The third-order valence-electron chi connectivity index (χ3n) is 8.39. The van der Waals surface area contributed by atoms with Crippen molar-refractivity contribution in [1.82, 2.24) is 15.2 Å². The second-order valence-electron chi connectivity index (χ2n) is 11.5. The summed E-state index contributed by atoms with van der Waals surface area (Å²) in [7, 11) is 0. The second-order valence-corrected chi connectivity index (χ2v) is 11.5. The van der Waals surface area contributed by atoms with Crippen molar-refractivity contribution in [1.29, 1.82) is 0 Å². The van der Waals surface area contributed by atoms with Gasteiger partial charge in [-0.15, -0.1) is 12.4 Å². The Hall–Kier alpha value is -3.36. The van der Waals surface area contributed by atoms with E-state index in [9.17, 15) is 14.4 Å². The quantitative estimate of drug-likeness (QED) is 0.374. The van der Waals surface area contributed by atoms with Crippen molar-refractivity contribution in [2.24, 2.45) is 5.73 Å². The Labute approximate surface area is 241 Å². The highest BCUT2D eigenvalue weighted by Gasteiger charge is 2.48. The lowest BCUT2D eigenvalue weighted by atomic mass is 9.73.